The number of hydrogen-bond donors (Lipinski definition) is 0. The minimum atomic E-state index is -0.429. The maximum atomic E-state index is 11.7. The maximum absolute atomic E-state index is 11.7. The molecule has 2 rings (SSSR count). The summed E-state index contributed by atoms with van der Waals surface area (Å²) < 4.78 is 10.5. The highest BCUT2D eigenvalue weighted by atomic mass is 16.5. The van der Waals surface area contributed by atoms with Crippen LogP contribution >= 0.6 is 0 Å². The molecule has 0 atom stereocenters. The number of benzene rings is 2. The summed E-state index contributed by atoms with van der Waals surface area (Å²) in [6.45, 7) is 18.4. The van der Waals surface area contributed by atoms with Gasteiger partial charge in [0.25, 0.3) is 0 Å². The first-order chi connectivity index (χ1) is 14.5. The van der Waals surface area contributed by atoms with Crippen LogP contribution in [-0.4, -0.2) is 22.4 Å². The van der Waals surface area contributed by atoms with Crippen molar-refractivity contribution >= 4 is 11.9 Å². The zero-order valence-corrected chi connectivity index (χ0v) is 19.0. The van der Waals surface area contributed by atoms with E-state index in [-0.39, 0.29) is 5.54 Å². The van der Waals surface area contributed by atoms with Gasteiger partial charge in [-0.05, 0) is 70.0 Å². The molecule has 0 aliphatic heterocycles. The third-order valence-electron chi connectivity index (χ3n) is 4.66. The van der Waals surface area contributed by atoms with E-state index in [1.54, 1.807) is 38.1 Å². The molecule has 0 aliphatic carbocycles. The van der Waals surface area contributed by atoms with E-state index >= 15 is 0 Å². The number of carbonyl (C=O) groups is 2. The predicted octanol–water partition coefficient (Wildman–Crippen LogP) is 5.45. The molecule has 0 saturated carbocycles. The number of rotatable bonds is 8. The van der Waals surface area contributed by atoms with E-state index in [4.69, 9.17) is 9.47 Å². The molecule has 164 valence electrons. The molecule has 0 aromatic heterocycles. The lowest BCUT2D eigenvalue weighted by Crippen LogP contribution is -2.40. The van der Waals surface area contributed by atoms with E-state index in [2.05, 4.69) is 38.8 Å². The summed E-state index contributed by atoms with van der Waals surface area (Å²) >= 11 is 0. The van der Waals surface area contributed by atoms with Crippen LogP contribution in [-0.2, 0) is 22.7 Å². The summed E-state index contributed by atoms with van der Waals surface area (Å²) in [6, 6.07) is 15.0. The Kier molecular flexibility index (Phi) is 7.95. The molecule has 0 unspecified atom stereocenters. The van der Waals surface area contributed by atoms with Crippen molar-refractivity contribution in [2.45, 2.75) is 53.2 Å². The monoisotopic (exact) mass is 421 g/mol. The second-order valence-electron chi connectivity index (χ2n) is 8.65. The molecule has 0 saturated heterocycles. The van der Waals surface area contributed by atoms with Crippen molar-refractivity contribution in [1.82, 2.24) is 4.90 Å². The number of carbonyl (C=O) groups excluding carboxylic acids is 2. The normalized spacial score (nSPS) is 11.2. The summed E-state index contributed by atoms with van der Waals surface area (Å²) in [5.74, 6) is 0.140. The topological polar surface area (TPSA) is 55.8 Å². The molecule has 0 fully saturated rings. The summed E-state index contributed by atoms with van der Waals surface area (Å²) in [5.41, 5.74) is 2.87. The van der Waals surface area contributed by atoms with Crippen molar-refractivity contribution in [3.05, 3.63) is 84.0 Å². The van der Waals surface area contributed by atoms with Crippen LogP contribution in [0.2, 0.25) is 0 Å². The standard InChI is InChI=1S/C26H31NO4/c1-18(2)24(28)30-22-12-8-20(9-13-22)16-27(26(5,6)7)17-21-10-14-23(15-11-21)31-25(29)19(3)4/h8-15H,1,3,16-17H2,2,4-7H3. The zero-order chi connectivity index (χ0) is 23.2. The Morgan fingerprint density at radius 1 is 0.742 bits per heavy atom. The number of nitrogens with zero attached hydrogens (tertiary/aromatic N) is 1. The fourth-order valence-corrected chi connectivity index (χ4v) is 2.69. The largest absolute Gasteiger partial charge is 0.423 e. The quantitative estimate of drug-likeness (QED) is 0.322. The molecule has 2 aromatic carbocycles. The number of hydrogen-bond acceptors (Lipinski definition) is 5. The summed E-state index contributed by atoms with van der Waals surface area (Å²) in [6.07, 6.45) is 0. The van der Waals surface area contributed by atoms with Gasteiger partial charge < -0.3 is 9.47 Å². The summed E-state index contributed by atoms with van der Waals surface area (Å²) in [7, 11) is 0. The van der Waals surface area contributed by atoms with Crippen LogP contribution in [0.4, 0.5) is 0 Å². The molecule has 0 heterocycles. The first-order valence-electron chi connectivity index (χ1n) is 10.1. The zero-order valence-electron chi connectivity index (χ0n) is 19.0. The lowest BCUT2D eigenvalue weighted by Gasteiger charge is -2.36. The van der Waals surface area contributed by atoms with Gasteiger partial charge in [0.1, 0.15) is 11.5 Å². The third kappa shape index (κ3) is 7.54. The second-order valence-corrected chi connectivity index (χ2v) is 8.65. The number of esters is 2. The Hall–Kier alpha value is -3.18. The van der Waals surface area contributed by atoms with E-state index < -0.39 is 11.9 Å². The van der Waals surface area contributed by atoms with Crippen molar-refractivity contribution in [3.8, 4) is 11.5 Å². The molecule has 2 aromatic rings. The van der Waals surface area contributed by atoms with Crippen LogP contribution in [0.1, 0.15) is 45.7 Å². The van der Waals surface area contributed by atoms with Gasteiger partial charge >= 0.3 is 11.9 Å². The van der Waals surface area contributed by atoms with Gasteiger partial charge in [-0.1, -0.05) is 37.4 Å². The molecule has 0 spiro atoms. The van der Waals surface area contributed by atoms with Crippen LogP contribution < -0.4 is 9.47 Å². The van der Waals surface area contributed by atoms with Crippen LogP contribution in [0.3, 0.4) is 0 Å². The Morgan fingerprint density at radius 3 is 1.32 bits per heavy atom. The maximum Gasteiger partial charge on any atom is 0.338 e. The average Bonchev–Trinajstić information content (AvgIpc) is 2.69. The highest BCUT2D eigenvalue weighted by molar-refractivity contribution is 5.89. The van der Waals surface area contributed by atoms with Gasteiger partial charge in [0, 0.05) is 29.8 Å². The molecule has 31 heavy (non-hydrogen) atoms. The molecule has 0 aliphatic rings. The minimum Gasteiger partial charge on any atom is -0.423 e. The van der Waals surface area contributed by atoms with Gasteiger partial charge in [0.05, 0.1) is 0 Å². The Morgan fingerprint density at radius 2 is 1.06 bits per heavy atom. The highest BCUT2D eigenvalue weighted by Crippen LogP contribution is 2.23. The van der Waals surface area contributed by atoms with Gasteiger partial charge in [0.15, 0.2) is 0 Å². The molecule has 0 amide bonds. The first-order valence-corrected chi connectivity index (χ1v) is 10.1. The van der Waals surface area contributed by atoms with Crippen molar-refractivity contribution in [2.24, 2.45) is 0 Å². The van der Waals surface area contributed by atoms with Crippen molar-refractivity contribution < 1.29 is 19.1 Å². The van der Waals surface area contributed by atoms with Crippen LogP contribution in [0, 0.1) is 0 Å². The van der Waals surface area contributed by atoms with Crippen molar-refractivity contribution in [1.29, 1.82) is 0 Å². The summed E-state index contributed by atoms with van der Waals surface area (Å²) in [5, 5.41) is 0. The molecule has 0 bridgehead atoms. The molecule has 5 nitrogen and oxygen atoms in total. The highest BCUT2D eigenvalue weighted by Gasteiger charge is 2.22. The minimum absolute atomic E-state index is 0.0732. The Labute approximate surface area is 185 Å². The summed E-state index contributed by atoms with van der Waals surface area (Å²) in [4.78, 5) is 25.7. The van der Waals surface area contributed by atoms with Gasteiger partial charge in [-0.15, -0.1) is 0 Å². The fraction of sp³-hybridized carbons (Fsp3) is 0.308. The molecular weight excluding hydrogens is 390 g/mol. The SMILES string of the molecule is C=C(C)C(=O)Oc1ccc(CN(Cc2ccc(OC(=O)C(=C)C)cc2)C(C)(C)C)cc1. The number of ether oxygens (including phenoxy) is 2. The Bertz CT molecular complexity index is 877. The molecular formula is C26H31NO4. The van der Waals surface area contributed by atoms with Crippen molar-refractivity contribution in [3.63, 3.8) is 0 Å². The molecule has 5 heteroatoms. The smallest absolute Gasteiger partial charge is 0.338 e. The van der Waals surface area contributed by atoms with Crippen LogP contribution in [0.5, 0.6) is 11.5 Å². The van der Waals surface area contributed by atoms with Gasteiger partial charge in [0.2, 0.25) is 0 Å². The fourth-order valence-electron chi connectivity index (χ4n) is 2.69. The van der Waals surface area contributed by atoms with Gasteiger partial charge in [-0.2, -0.15) is 0 Å². The van der Waals surface area contributed by atoms with E-state index in [1.807, 2.05) is 24.3 Å². The Balaban J connectivity index is 2.07. The van der Waals surface area contributed by atoms with Crippen molar-refractivity contribution in [2.75, 3.05) is 0 Å². The second kappa shape index (κ2) is 10.2. The van der Waals surface area contributed by atoms with Gasteiger partial charge in [-0.3, -0.25) is 4.90 Å². The third-order valence-corrected chi connectivity index (χ3v) is 4.66. The van der Waals surface area contributed by atoms with E-state index in [1.165, 1.54) is 0 Å². The van der Waals surface area contributed by atoms with Crippen LogP contribution in [0.15, 0.2) is 72.8 Å². The molecule has 0 radical (unpaired) electrons. The van der Waals surface area contributed by atoms with Gasteiger partial charge in [-0.25, -0.2) is 9.59 Å². The van der Waals surface area contributed by atoms with E-state index in [0.717, 1.165) is 24.2 Å². The lowest BCUT2D eigenvalue weighted by atomic mass is 10.0. The lowest BCUT2D eigenvalue weighted by molar-refractivity contribution is -0.130. The van der Waals surface area contributed by atoms with E-state index in [9.17, 15) is 9.59 Å². The van der Waals surface area contributed by atoms with Crippen LogP contribution in [0.25, 0.3) is 0 Å². The first kappa shape index (κ1) is 24.1. The van der Waals surface area contributed by atoms with E-state index in [0.29, 0.717) is 22.6 Å². The predicted molar refractivity (Wildman–Crippen MR) is 123 cm³/mol. The average molecular weight is 422 g/mol. The molecule has 0 N–H and O–H groups in total.